The highest BCUT2D eigenvalue weighted by Gasteiger charge is 2.35. The zero-order chi connectivity index (χ0) is 27.9. The molecule has 0 unspecified atom stereocenters. The van der Waals surface area contributed by atoms with E-state index in [0.717, 1.165) is 16.7 Å². The zero-order valence-electron chi connectivity index (χ0n) is 20.9. The maximum atomic E-state index is 12.9. The first-order valence-corrected chi connectivity index (χ1v) is 13.3. The van der Waals surface area contributed by atoms with Gasteiger partial charge in [-0.15, -0.1) is 0 Å². The second kappa shape index (κ2) is 12.9. The number of hydrogen-bond acceptors (Lipinski definition) is 8. The Hall–Kier alpha value is -3.66. The van der Waals surface area contributed by atoms with Gasteiger partial charge < -0.3 is 18.9 Å². The molecule has 1 saturated heterocycles. The minimum Gasteiger partial charge on any atom is -0.497 e. The molecule has 0 radical (unpaired) electrons. The Balaban J connectivity index is 1.49. The molecule has 11 heteroatoms. The number of amides is 2. The van der Waals surface area contributed by atoms with Crippen molar-refractivity contribution in [2.45, 2.75) is 6.92 Å². The van der Waals surface area contributed by atoms with Crippen LogP contribution in [0.25, 0.3) is 6.08 Å². The lowest BCUT2D eigenvalue weighted by Gasteiger charge is -2.14. The summed E-state index contributed by atoms with van der Waals surface area (Å²) in [5.41, 5.74) is 0.788. The maximum absolute atomic E-state index is 12.9. The minimum absolute atomic E-state index is 0.0429. The van der Waals surface area contributed by atoms with E-state index >= 15 is 0 Å². The fourth-order valence-electron chi connectivity index (χ4n) is 3.56. The highest BCUT2D eigenvalue weighted by Crippen LogP contribution is 2.39. The largest absolute Gasteiger partial charge is 0.497 e. The number of esters is 1. The van der Waals surface area contributed by atoms with Gasteiger partial charge in [-0.25, -0.2) is 4.79 Å². The summed E-state index contributed by atoms with van der Waals surface area (Å²) in [6, 6.07) is 16.5. The van der Waals surface area contributed by atoms with Gasteiger partial charge >= 0.3 is 5.97 Å². The lowest BCUT2D eigenvalue weighted by atomic mass is 10.1. The van der Waals surface area contributed by atoms with E-state index in [9.17, 15) is 14.4 Å². The molecule has 1 heterocycles. The molecular formula is C28H23Cl2NO7S. The molecule has 4 rings (SSSR count). The number of ether oxygens (including phenoxy) is 4. The van der Waals surface area contributed by atoms with E-state index in [0.29, 0.717) is 27.6 Å². The van der Waals surface area contributed by atoms with E-state index in [1.165, 1.54) is 19.3 Å². The first kappa shape index (κ1) is 28.4. The van der Waals surface area contributed by atoms with Crippen molar-refractivity contribution in [1.29, 1.82) is 0 Å². The highest BCUT2D eigenvalue weighted by molar-refractivity contribution is 8.18. The first-order valence-electron chi connectivity index (χ1n) is 11.8. The molecule has 0 aromatic heterocycles. The van der Waals surface area contributed by atoms with Crippen LogP contribution in [0.2, 0.25) is 10.0 Å². The summed E-state index contributed by atoms with van der Waals surface area (Å²) in [5.74, 6) is 0.228. The average Bonchev–Trinajstić information content (AvgIpc) is 3.19. The van der Waals surface area contributed by atoms with Gasteiger partial charge in [-0.2, -0.15) is 0 Å². The average molecular weight is 588 g/mol. The van der Waals surface area contributed by atoms with E-state index < -0.39 is 17.1 Å². The van der Waals surface area contributed by atoms with Crippen LogP contribution in [0.15, 0.2) is 65.6 Å². The van der Waals surface area contributed by atoms with E-state index in [1.807, 2.05) is 0 Å². The molecule has 202 valence electrons. The summed E-state index contributed by atoms with van der Waals surface area (Å²) < 4.78 is 21.9. The number of nitrogens with zero attached hydrogens (tertiary/aromatic N) is 1. The number of rotatable bonds is 10. The first-order chi connectivity index (χ1) is 18.8. The lowest BCUT2D eigenvalue weighted by molar-refractivity contribution is -0.123. The number of thioether (sulfide) groups is 1. The second-order valence-corrected chi connectivity index (χ2v) is 9.80. The summed E-state index contributed by atoms with van der Waals surface area (Å²) in [4.78, 5) is 39.5. The number of carbonyl (C=O) groups excluding carboxylic acids is 3. The summed E-state index contributed by atoms with van der Waals surface area (Å²) in [6.45, 7) is 2.18. The van der Waals surface area contributed by atoms with Crippen LogP contribution in [-0.4, -0.2) is 48.9 Å². The molecule has 3 aromatic carbocycles. The van der Waals surface area contributed by atoms with Crippen LogP contribution in [0.3, 0.4) is 0 Å². The van der Waals surface area contributed by atoms with Gasteiger partial charge in [0.25, 0.3) is 11.1 Å². The van der Waals surface area contributed by atoms with Crippen molar-refractivity contribution < 1.29 is 33.3 Å². The molecule has 8 nitrogen and oxygen atoms in total. The number of para-hydroxylation sites is 1. The van der Waals surface area contributed by atoms with Gasteiger partial charge in [0.2, 0.25) is 0 Å². The van der Waals surface area contributed by atoms with Crippen molar-refractivity contribution in [3.05, 3.63) is 86.7 Å². The third-order valence-electron chi connectivity index (χ3n) is 5.43. The van der Waals surface area contributed by atoms with Crippen LogP contribution in [0, 0.1) is 0 Å². The number of methoxy groups -OCH3 is 1. The van der Waals surface area contributed by atoms with Gasteiger partial charge in [0, 0.05) is 0 Å². The van der Waals surface area contributed by atoms with Gasteiger partial charge in [0.05, 0.1) is 40.8 Å². The smallest absolute Gasteiger partial charge is 0.343 e. The molecule has 1 aliphatic heterocycles. The van der Waals surface area contributed by atoms with E-state index in [2.05, 4.69) is 0 Å². The maximum Gasteiger partial charge on any atom is 0.343 e. The van der Waals surface area contributed by atoms with Crippen molar-refractivity contribution >= 4 is 58.2 Å². The lowest BCUT2D eigenvalue weighted by Crippen LogP contribution is -2.32. The van der Waals surface area contributed by atoms with Crippen LogP contribution in [0.5, 0.6) is 23.0 Å². The zero-order valence-corrected chi connectivity index (χ0v) is 23.3. The fraction of sp³-hybridized carbons (Fsp3) is 0.179. The van der Waals surface area contributed by atoms with Crippen LogP contribution >= 0.6 is 35.0 Å². The third-order valence-corrected chi connectivity index (χ3v) is 6.93. The number of carbonyl (C=O) groups is 3. The number of imide groups is 1. The van der Waals surface area contributed by atoms with Crippen molar-refractivity contribution in [2.24, 2.45) is 0 Å². The van der Waals surface area contributed by atoms with Crippen molar-refractivity contribution in [3.63, 3.8) is 0 Å². The van der Waals surface area contributed by atoms with Gasteiger partial charge in [-0.05, 0) is 78.9 Å². The molecule has 0 saturated carbocycles. The predicted molar refractivity (Wildman–Crippen MR) is 150 cm³/mol. The molecular weight excluding hydrogens is 565 g/mol. The second-order valence-electron chi connectivity index (χ2n) is 7.99. The Kier molecular flexibility index (Phi) is 9.40. The normalized spacial score (nSPS) is 14.1. The summed E-state index contributed by atoms with van der Waals surface area (Å²) in [7, 11) is 1.53. The van der Waals surface area contributed by atoms with Gasteiger partial charge in [0.1, 0.15) is 18.1 Å². The van der Waals surface area contributed by atoms with Crippen molar-refractivity contribution in [2.75, 3.05) is 26.9 Å². The predicted octanol–water partition coefficient (Wildman–Crippen LogP) is 6.74. The van der Waals surface area contributed by atoms with Crippen LogP contribution in [0.1, 0.15) is 22.8 Å². The van der Waals surface area contributed by atoms with Crippen LogP contribution in [0.4, 0.5) is 4.79 Å². The SMILES string of the molecule is CCOc1cc(/C=C2\SC(=O)N(CCOc3ccccc3Cl)C2=O)cc(Cl)c1OC(=O)c1ccc(OC)cc1. The fourth-order valence-corrected chi connectivity index (χ4v) is 4.88. The minimum atomic E-state index is -0.631. The molecule has 1 aliphatic rings. The standard InChI is InChI=1S/C28H23Cl2NO7S/c1-3-36-23-15-17(14-21(30)25(23)38-27(33)18-8-10-19(35-2)11-9-18)16-24-26(32)31(28(34)39-24)12-13-37-22-7-5-4-6-20(22)29/h4-11,14-16H,3,12-13H2,1-2H3/b24-16-. The molecule has 0 atom stereocenters. The van der Waals surface area contributed by atoms with Gasteiger partial charge in [-0.1, -0.05) is 35.3 Å². The molecule has 0 N–H and O–H groups in total. The Morgan fingerprint density at radius 2 is 1.72 bits per heavy atom. The monoisotopic (exact) mass is 587 g/mol. The number of hydrogen-bond donors (Lipinski definition) is 0. The van der Waals surface area contributed by atoms with E-state index in [-0.39, 0.29) is 41.2 Å². The molecule has 39 heavy (non-hydrogen) atoms. The molecule has 2 amide bonds. The van der Waals surface area contributed by atoms with Gasteiger partial charge in [0.15, 0.2) is 11.5 Å². The quantitative estimate of drug-likeness (QED) is 0.146. The molecule has 0 spiro atoms. The Morgan fingerprint density at radius 1 is 0.974 bits per heavy atom. The summed E-state index contributed by atoms with van der Waals surface area (Å²) in [5, 5.41) is 0.114. The highest BCUT2D eigenvalue weighted by atomic mass is 35.5. The third kappa shape index (κ3) is 6.86. The van der Waals surface area contributed by atoms with Gasteiger partial charge in [-0.3, -0.25) is 14.5 Å². The molecule has 0 aliphatic carbocycles. The molecule has 1 fully saturated rings. The molecule has 3 aromatic rings. The summed E-state index contributed by atoms with van der Waals surface area (Å²) >= 11 is 13.3. The van der Waals surface area contributed by atoms with Crippen LogP contribution < -0.4 is 18.9 Å². The van der Waals surface area contributed by atoms with Crippen molar-refractivity contribution in [3.8, 4) is 23.0 Å². The van der Waals surface area contributed by atoms with Crippen LogP contribution in [-0.2, 0) is 4.79 Å². The number of benzene rings is 3. The van der Waals surface area contributed by atoms with E-state index in [4.69, 9.17) is 42.1 Å². The molecule has 0 bridgehead atoms. The Bertz CT molecular complexity index is 1430. The van der Waals surface area contributed by atoms with E-state index in [1.54, 1.807) is 61.5 Å². The topological polar surface area (TPSA) is 91.4 Å². The van der Waals surface area contributed by atoms with Crippen molar-refractivity contribution in [1.82, 2.24) is 4.90 Å². The summed E-state index contributed by atoms with van der Waals surface area (Å²) in [6.07, 6.45) is 1.53. The Morgan fingerprint density at radius 3 is 2.41 bits per heavy atom. The Labute approximate surface area is 239 Å². The number of halogens is 2.